The molecule has 2 aromatic carbocycles. The van der Waals surface area contributed by atoms with Crippen LogP contribution >= 0.6 is 0 Å². The average molecular weight is 291 g/mol. The summed E-state index contributed by atoms with van der Waals surface area (Å²) in [6, 6.07) is 11.1. The van der Waals surface area contributed by atoms with Crippen molar-refractivity contribution in [3.05, 3.63) is 59.7 Å². The minimum Gasteiger partial charge on any atom is -0.494 e. The smallest absolute Gasteiger partial charge is 0.149 e. The number of anilines is 1. The molecule has 4 heteroatoms. The summed E-state index contributed by atoms with van der Waals surface area (Å²) in [6.07, 6.45) is 2.14. The zero-order chi connectivity index (χ0) is 15.1. The van der Waals surface area contributed by atoms with Gasteiger partial charge in [0.2, 0.25) is 0 Å². The molecule has 0 unspecified atom stereocenters. The van der Waals surface area contributed by atoms with E-state index >= 15 is 0 Å². The highest BCUT2D eigenvalue weighted by Crippen LogP contribution is 2.17. The molecule has 0 bridgehead atoms. The standard InChI is InChI=1S/C17H19F2NO/c1-2-3-10-21-15-7-4-13(5-8-15)12-20-17-9-6-14(18)11-16(17)19/h4-9,11,20H,2-3,10,12H2,1H3. The van der Waals surface area contributed by atoms with Gasteiger partial charge in [-0.1, -0.05) is 25.5 Å². The fourth-order valence-electron chi connectivity index (χ4n) is 1.87. The zero-order valence-electron chi connectivity index (χ0n) is 12.0. The largest absolute Gasteiger partial charge is 0.494 e. The summed E-state index contributed by atoms with van der Waals surface area (Å²) in [5.74, 6) is -0.332. The van der Waals surface area contributed by atoms with Crippen LogP contribution in [-0.4, -0.2) is 6.61 Å². The van der Waals surface area contributed by atoms with Crippen LogP contribution in [0.5, 0.6) is 5.75 Å². The van der Waals surface area contributed by atoms with Gasteiger partial charge in [-0.25, -0.2) is 8.78 Å². The van der Waals surface area contributed by atoms with Crippen LogP contribution in [0.1, 0.15) is 25.3 Å². The van der Waals surface area contributed by atoms with Gasteiger partial charge in [0.05, 0.1) is 12.3 Å². The Morgan fingerprint density at radius 3 is 2.48 bits per heavy atom. The third-order valence-corrected chi connectivity index (χ3v) is 3.10. The van der Waals surface area contributed by atoms with Crippen molar-refractivity contribution in [1.82, 2.24) is 0 Å². The Hall–Kier alpha value is -2.10. The van der Waals surface area contributed by atoms with E-state index in [1.165, 1.54) is 12.1 Å². The summed E-state index contributed by atoms with van der Waals surface area (Å²) < 4.78 is 31.8. The molecule has 0 aromatic heterocycles. The number of benzene rings is 2. The van der Waals surface area contributed by atoms with Crippen LogP contribution in [0.2, 0.25) is 0 Å². The van der Waals surface area contributed by atoms with E-state index in [9.17, 15) is 8.78 Å². The summed E-state index contributed by atoms with van der Waals surface area (Å²) in [6.45, 7) is 3.30. The molecule has 0 aliphatic heterocycles. The normalized spacial score (nSPS) is 10.4. The Kier molecular flexibility index (Phi) is 5.55. The minimum atomic E-state index is -0.588. The van der Waals surface area contributed by atoms with Gasteiger partial charge in [-0.3, -0.25) is 0 Å². The molecule has 0 saturated heterocycles. The van der Waals surface area contributed by atoms with E-state index in [1.54, 1.807) is 0 Å². The van der Waals surface area contributed by atoms with Gasteiger partial charge in [0, 0.05) is 12.6 Å². The molecule has 0 heterocycles. The van der Waals surface area contributed by atoms with Crippen LogP contribution in [0.25, 0.3) is 0 Å². The molecule has 2 aromatic rings. The number of halogens is 2. The molecule has 112 valence electrons. The Balaban J connectivity index is 1.88. The highest BCUT2D eigenvalue weighted by molar-refractivity contribution is 5.45. The summed E-state index contributed by atoms with van der Waals surface area (Å²) in [4.78, 5) is 0. The molecular weight excluding hydrogens is 272 g/mol. The summed E-state index contributed by atoms with van der Waals surface area (Å²) in [5.41, 5.74) is 1.29. The maximum Gasteiger partial charge on any atom is 0.149 e. The third kappa shape index (κ3) is 4.74. The number of unbranched alkanes of at least 4 members (excludes halogenated alkanes) is 1. The van der Waals surface area contributed by atoms with Crippen molar-refractivity contribution in [2.75, 3.05) is 11.9 Å². The molecule has 0 amide bonds. The van der Waals surface area contributed by atoms with Gasteiger partial charge in [-0.15, -0.1) is 0 Å². The fraction of sp³-hybridized carbons (Fsp3) is 0.294. The second-order valence-electron chi connectivity index (χ2n) is 4.82. The summed E-state index contributed by atoms with van der Waals surface area (Å²) in [5, 5.41) is 2.95. The highest BCUT2D eigenvalue weighted by Gasteiger charge is 2.03. The molecule has 0 radical (unpaired) electrons. The molecule has 0 fully saturated rings. The fourth-order valence-corrected chi connectivity index (χ4v) is 1.87. The predicted octanol–water partition coefficient (Wildman–Crippen LogP) is 4.76. The Labute approximate surface area is 123 Å². The van der Waals surface area contributed by atoms with E-state index in [4.69, 9.17) is 4.74 Å². The monoisotopic (exact) mass is 291 g/mol. The first-order chi connectivity index (χ1) is 10.2. The van der Waals surface area contributed by atoms with Crippen molar-refractivity contribution in [3.8, 4) is 5.75 Å². The Morgan fingerprint density at radius 2 is 1.81 bits per heavy atom. The molecular formula is C17H19F2NO. The lowest BCUT2D eigenvalue weighted by molar-refractivity contribution is 0.309. The van der Waals surface area contributed by atoms with Crippen LogP contribution in [0, 0.1) is 11.6 Å². The maximum absolute atomic E-state index is 13.5. The predicted molar refractivity (Wildman–Crippen MR) is 80.5 cm³/mol. The van der Waals surface area contributed by atoms with Crippen molar-refractivity contribution in [2.24, 2.45) is 0 Å². The topological polar surface area (TPSA) is 21.3 Å². The van der Waals surface area contributed by atoms with Crippen molar-refractivity contribution >= 4 is 5.69 Å². The Morgan fingerprint density at radius 1 is 1.05 bits per heavy atom. The highest BCUT2D eigenvalue weighted by atomic mass is 19.1. The van der Waals surface area contributed by atoms with Gasteiger partial charge in [0.15, 0.2) is 0 Å². The SMILES string of the molecule is CCCCOc1ccc(CNc2ccc(F)cc2F)cc1. The second-order valence-corrected chi connectivity index (χ2v) is 4.82. The molecule has 0 spiro atoms. The minimum absolute atomic E-state index is 0.291. The maximum atomic E-state index is 13.5. The number of hydrogen-bond donors (Lipinski definition) is 1. The van der Waals surface area contributed by atoms with Gasteiger partial charge in [-0.2, -0.15) is 0 Å². The summed E-state index contributed by atoms with van der Waals surface area (Å²) >= 11 is 0. The van der Waals surface area contributed by atoms with Gasteiger partial charge >= 0.3 is 0 Å². The van der Waals surface area contributed by atoms with Gasteiger partial charge in [-0.05, 0) is 36.2 Å². The lowest BCUT2D eigenvalue weighted by atomic mass is 10.2. The molecule has 21 heavy (non-hydrogen) atoms. The van der Waals surface area contributed by atoms with E-state index in [2.05, 4.69) is 12.2 Å². The van der Waals surface area contributed by atoms with Crippen LogP contribution in [0.3, 0.4) is 0 Å². The van der Waals surface area contributed by atoms with E-state index in [1.807, 2.05) is 24.3 Å². The van der Waals surface area contributed by atoms with Crippen LogP contribution in [-0.2, 0) is 6.54 Å². The van der Waals surface area contributed by atoms with E-state index in [0.717, 1.165) is 36.8 Å². The molecule has 0 atom stereocenters. The van der Waals surface area contributed by atoms with Crippen LogP contribution in [0.15, 0.2) is 42.5 Å². The molecule has 0 saturated carbocycles. The first-order valence-electron chi connectivity index (χ1n) is 7.09. The van der Waals surface area contributed by atoms with Crippen molar-refractivity contribution < 1.29 is 13.5 Å². The Bertz CT molecular complexity index is 570. The van der Waals surface area contributed by atoms with Crippen LogP contribution in [0.4, 0.5) is 14.5 Å². The van der Waals surface area contributed by atoms with Gasteiger partial charge in [0.1, 0.15) is 17.4 Å². The molecule has 2 rings (SSSR count). The first kappa shape index (κ1) is 15.3. The average Bonchev–Trinajstić information content (AvgIpc) is 2.48. The lowest BCUT2D eigenvalue weighted by Crippen LogP contribution is -2.02. The summed E-state index contributed by atoms with van der Waals surface area (Å²) in [7, 11) is 0. The molecule has 0 aliphatic carbocycles. The number of ether oxygens (including phenoxy) is 1. The third-order valence-electron chi connectivity index (χ3n) is 3.10. The molecule has 2 nitrogen and oxygen atoms in total. The van der Waals surface area contributed by atoms with E-state index in [-0.39, 0.29) is 0 Å². The second kappa shape index (κ2) is 7.62. The molecule has 0 aliphatic rings. The quantitative estimate of drug-likeness (QED) is 0.743. The molecule has 1 N–H and O–H groups in total. The number of rotatable bonds is 7. The van der Waals surface area contributed by atoms with Crippen molar-refractivity contribution in [2.45, 2.75) is 26.3 Å². The van der Waals surface area contributed by atoms with E-state index in [0.29, 0.717) is 12.2 Å². The van der Waals surface area contributed by atoms with Crippen molar-refractivity contribution in [3.63, 3.8) is 0 Å². The van der Waals surface area contributed by atoms with Crippen LogP contribution < -0.4 is 10.1 Å². The number of nitrogens with one attached hydrogen (secondary N) is 1. The zero-order valence-corrected chi connectivity index (χ0v) is 12.0. The van der Waals surface area contributed by atoms with Crippen molar-refractivity contribution in [1.29, 1.82) is 0 Å². The van der Waals surface area contributed by atoms with Gasteiger partial charge < -0.3 is 10.1 Å². The van der Waals surface area contributed by atoms with Gasteiger partial charge in [0.25, 0.3) is 0 Å². The first-order valence-corrected chi connectivity index (χ1v) is 7.09. The number of hydrogen-bond acceptors (Lipinski definition) is 2. The van der Waals surface area contributed by atoms with E-state index < -0.39 is 11.6 Å². The lowest BCUT2D eigenvalue weighted by Gasteiger charge is -2.09.